The molecule has 9 heteroatoms. The van der Waals surface area contributed by atoms with Crippen LogP contribution >= 0.6 is 0 Å². The Morgan fingerprint density at radius 1 is 0.882 bits per heavy atom. The van der Waals surface area contributed by atoms with Crippen LogP contribution in [0, 0.1) is 6.92 Å². The Kier molecular flexibility index (Phi) is 6.58. The molecule has 34 heavy (non-hydrogen) atoms. The molecule has 0 fully saturated rings. The molecule has 0 aliphatic rings. The number of nitrogens with one attached hydrogen (secondary N) is 1. The minimum Gasteiger partial charge on any atom is -0.416 e. The quantitative estimate of drug-likeness (QED) is 0.434. The lowest BCUT2D eigenvalue weighted by atomic mass is 10.1. The number of aryl methyl sites for hydroxylation is 1. The highest BCUT2D eigenvalue weighted by atomic mass is 32.2. The zero-order valence-electron chi connectivity index (χ0n) is 19.0. The van der Waals surface area contributed by atoms with Crippen LogP contribution in [0.5, 0.6) is 0 Å². The van der Waals surface area contributed by atoms with Gasteiger partial charge in [0.1, 0.15) is 0 Å². The second-order valence-electron chi connectivity index (χ2n) is 7.93. The zero-order valence-corrected chi connectivity index (χ0v) is 19.8. The number of sulfonamides is 1. The van der Waals surface area contributed by atoms with Gasteiger partial charge in [-0.2, -0.15) is 0 Å². The van der Waals surface area contributed by atoms with Crippen molar-refractivity contribution in [3.63, 3.8) is 0 Å². The van der Waals surface area contributed by atoms with Crippen LogP contribution in [-0.4, -0.2) is 42.9 Å². The third kappa shape index (κ3) is 4.90. The van der Waals surface area contributed by atoms with Crippen molar-refractivity contribution in [2.75, 3.05) is 14.1 Å². The fourth-order valence-electron chi connectivity index (χ4n) is 3.29. The molecule has 0 saturated carbocycles. The smallest absolute Gasteiger partial charge is 0.251 e. The first-order valence-corrected chi connectivity index (χ1v) is 12.0. The van der Waals surface area contributed by atoms with E-state index in [2.05, 4.69) is 15.5 Å². The first-order chi connectivity index (χ1) is 16.3. The molecule has 3 aromatic carbocycles. The number of amides is 1. The van der Waals surface area contributed by atoms with Crippen LogP contribution in [0.25, 0.3) is 22.9 Å². The van der Waals surface area contributed by atoms with Gasteiger partial charge in [0.05, 0.1) is 4.90 Å². The molecule has 0 bridgehead atoms. The number of benzene rings is 3. The van der Waals surface area contributed by atoms with Gasteiger partial charge < -0.3 is 9.73 Å². The van der Waals surface area contributed by atoms with E-state index in [0.717, 1.165) is 15.4 Å². The topological polar surface area (TPSA) is 105 Å². The predicted octanol–water partition coefficient (Wildman–Crippen LogP) is 3.89. The van der Waals surface area contributed by atoms with Crippen LogP contribution in [0.15, 0.2) is 82.1 Å². The molecule has 1 heterocycles. The Hall–Kier alpha value is -3.82. The predicted molar refractivity (Wildman–Crippen MR) is 128 cm³/mol. The van der Waals surface area contributed by atoms with E-state index in [1.807, 2.05) is 31.2 Å². The zero-order chi connectivity index (χ0) is 24.3. The molecule has 0 spiro atoms. The average molecular weight is 477 g/mol. The molecule has 0 atom stereocenters. The van der Waals surface area contributed by atoms with E-state index in [4.69, 9.17) is 4.42 Å². The number of carbonyl (C=O) groups is 1. The lowest BCUT2D eigenvalue weighted by Crippen LogP contribution is -2.27. The van der Waals surface area contributed by atoms with Gasteiger partial charge in [-0.15, -0.1) is 10.2 Å². The third-order valence-corrected chi connectivity index (χ3v) is 7.20. The van der Waals surface area contributed by atoms with Crippen molar-refractivity contribution >= 4 is 15.9 Å². The van der Waals surface area contributed by atoms with Gasteiger partial charge in [-0.05, 0) is 55.0 Å². The maximum absolute atomic E-state index is 12.7. The van der Waals surface area contributed by atoms with Gasteiger partial charge in [-0.3, -0.25) is 4.79 Å². The monoisotopic (exact) mass is 476 g/mol. The number of hydrogen-bond acceptors (Lipinski definition) is 6. The molecule has 0 radical (unpaired) electrons. The molecule has 0 saturated heterocycles. The molecule has 174 valence electrons. The highest BCUT2D eigenvalue weighted by molar-refractivity contribution is 7.89. The summed E-state index contributed by atoms with van der Waals surface area (Å²) in [4.78, 5) is 12.8. The first-order valence-electron chi connectivity index (χ1n) is 10.6. The summed E-state index contributed by atoms with van der Waals surface area (Å²) in [6.45, 7) is 2.08. The number of rotatable bonds is 7. The van der Waals surface area contributed by atoms with E-state index in [-0.39, 0.29) is 17.3 Å². The number of aromatic nitrogens is 2. The summed E-state index contributed by atoms with van der Waals surface area (Å²) in [6, 6.07) is 21.2. The fraction of sp³-hybridized carbons (Fsp3) is 0.160. The van der Waals surface area contributed by atoms with Gasteiger partial charge in [0, 0.05) is 37.3 Å². The second kappa shape index (κ2) is 9.58. The van der Waals surface area contributed by atoms with Gasteiger partial charge >= 0.3 is 0 Å². The molecular weight excluding hydrogens is 452 g/mol. The highest BCUT2D eigenvalue weighted by Gasteiger charge is 2.21. The van der Waals surface area contributed by atoms with Gasteiger partial charge in [-0.25, -0.2) is 12.7 Å². The van der Waals surface area contributed by atoms with E-state index < -0.39 is 10.0 Å². The van der Waals surface area contributed by atoms with Crippen LogP contribution in [0.3, 0.4) is 0 Å². The van der Waals surface area contributed by atoms with Crippen LogP contribution in [-0.2, 0) is 16.6 Å². The van der Waals surface area contributed by atoms with E-state index in [1.54, 1.807) is 42.5 Å². The van der Waals surface area contributed by atoms with E-state index in [1.165, 1.54) is 20.2 Å². The normalized spacial score (nSPS) is 11.5. The number of carbonyl (C=O) groups excluding carboxylic acids is 1. The SMILES string of the molecule is Cc1ccc(-c2nnc(-c3ccc(C(=O)NCc4ccccc4S(=O)(=O)N(C)C)cc3)o2)cc1. The second-order valence-corrected chi connectivity index (χ2v) is 10.1. The summed E-state index contributed by atoms with van der Waals surface area (Å²) < 4.78 is 32.0. The van der Waals surface area contributed by atoms with Gasteiger partial charge in [0.25, 0.3) is 5.91 Å². The van der Waals surface area contributed by atoms with Gasteiger partial charge in [0.15, 0.2) is 0 Å². The minimum atomic E-state index is -3.62. The number of nitrogens with zero attached hydrogens (tertiary/aromatic N) is 3. The lowest BCUT2D eigenvalue weighted by Gasteiger charge is -2.15. The number of hydrogen-bond donors (Lipinski definition) is 1. The Morgan fingerprint density at radius 3 is 2.03 bits per heavy atom. The van der Waals surface area contributed by atoms with Gasteiger partial charge in [-0.1, -0.05) is 35.9 Å². The molecule has 8 nitrogen and oxygen atoms in total. The minimum absolute atomic E-state index is 0.0768. The largest absolute Gasteiger partial charge is 0.416 e. The van der Waals surface area contributed by atoms with Crippen LogP contribution in [0.4, 0.5) is 0 Å². The van der Waals surface area contributed by atoms with Crippen molar-refractivity contribution in [3.8, 4) is 22.9 Å². The van der Waals surface area contributed by atoms with Crippen LogP contribution in [0.1, 0.15) is 21.5 Å². The van der Waals surface area contributed by atoms with Crippen molar-refractivity contribution < 1.29 is 17.6 Å². The maximum atomic E-state index is 12.7. The molecule has 0 aliphatic heterocycles. The summed E-state index contributed by atoms with van der Waals surface area (Å²) in [7, 11) is -0.675. The molecule has 1 aromatic heterocycles. The summed E-state index contributed by atoms with van der Waals surface area (Å²) in [6.07, 6.45) is 0. The maximum Gasteiger partial charge on any atom is 0.251 e. The van der Waals surface area contributed by atoms with Crippen molar-refractivity contribution in [1.29, 1.82) is 0 Å². The lowest BCUT2D eigenvalue weighted by molar-refractivity contribution is 0.0950. The summed E-state index contributed by atoms with van der Waals surface area (Å²) in [5.41, 5.74) is 3.59. The molecular formula is C25H24N4O4S. The molecule has 0 unspecified atom stereocenters. The molecule has 4 rings (SSSR count). The molecule has 1 amide bonds. The summed E-state index contributed by atoms with van der Waals surface area (Å²) in [5.74, 6) is 0.447. The fourth-order valence-corrected chi connectivity index (χ4v) is 4.41. The van der Waals surface area contributed by atoms with Crippen molar-refractivity contribution in [2.24, 2.45) is 0 Å². The van der Waals surface area contributed by atoms with E-state index in [0.29, 0.717) is 28.5 Å². The standard InChI is InChI=1S/C25H24N4O4S/c1-17-8-10-19(11-9-17)24-27-28-25(33-24)20-14-12-18(13-15-20)23(30)26-16-21-6-4-5-7-22(21)34(31,32)29(2)3/h4-15H,16H2,1-3H3,(H,26,30). The Balaban J connectivity index is 1.45. The van der Waals surface area contributed by atoms with Crippen molar-refractivity contribution in [2.45, 2.75) is 18.4 Å². The molecule has 4 aromatic rings. The summed E-state index contributed by atoms with van der Waals surface area (Å²) in [5, 5.41) is 11.0. The van der Waals surface area contributed by atoms with Gasteiger partial charge in [0.2, 0.25) is 21.8 Å². The van der Waals surface area contributed by atoms with Crippen molar-refractivity contribution in [3.05, 3.63) is 89.5 Å². The molecule has 0 aliphatic carbocycles. The third-order valence-electron chi connectivity index (χ3n) is 5.29. The Bertz CT molecular complexity index is 1410. The van der Waals surface area contributed by atoms with E-state index >= 15 is 0 Å². The highest BCUT2D eigenvalue weighted by Crippen LogP contribution is 2.24. The Morgan fingerprint density at radius 2 is 1.44 bits per heavy atom. The Labute approximate surface area is 198 Å². The van der Waals surface area contributed by atoms with E-state index in [9.17, 15) is 13.2 Å². The van der Waals surface area contributed by atoms with Crippen LogP contribution in [0.2, 0.25) is 0 Å². The first kappa shape index (κ1) is 23.3. The average Bonchev–Trinajstić information content (AvgIpc) is 3.33. The van der Waals surface area contributed by atoms with Crippen molar-refractivity contribution in [1.82, 2.24) is 19.8 Å². The summed E-state index contributed by atoms with van der Waals surface area (Å²) >= 11 is 0. The van der Waals surface area contributed by atoms with Crippen LogP contribution < -0.4 is 5.32 Å². The molecule has 1 N–H and O–H groups in total.